The van der Waals surface area contributed by atoms with Crippen molar-refractivity contribution in [2.45, 2.75) is 13.3 Å². The van der Waals surface area contributed by atoms with Gasteiger partial charge in [0.2, 0.25) is 5.91 Å². The molecule has 0 saturated heterocycles. The number of halogens is 2. The number of hydrogen-bond acceptors (Lipinski definition) is 3. The SMILES string of the molecule is C/C(=N\NC(=O)Cc1ccccc1)c1ccc(NC(=O)c2ccc(Cl)cc2Cl)cc1. The van der Waals surface area contributed by atoms with E-state index in [0.717, 1.165) is 11.1 Å². The molecule has 5 nitrogen and oxygen atoms in total. The lowest BCUT2D eigenvalue weighted by atomic mass is 10.1. The molecule has 2 N–H and O–H groups in total. The summed E-state index contributed by atoms with van der Waals surface area (Å²) in [5, 5.41) is 7.68. The largest absolute Gasteiger partial charge is 0.322 e. The smallest absolute Gasteiger partial charge is 0.257 e. The van der Waals surface area contributed by atoms with Gasteiger partial charge >= 0.3 is 0 Å². The first kappa shape index (κ1) is 21.6. The van der Waals surface area contributed by atoms with Crippen LogP contribution in [0.25, 0.3) is 0 Å². The highest BCUT2D eigenvalue weighted by Crippen LogP contribution is 2.22. The Bertz CT molecular complexity index is 1080. The van der Waals surface area contributed by atoms with Gasteiger partial charge in [-0.3, -0.25) is 9.59 Å². The highest BCUT2D eigenvalue weighted by atomic mass is 35.5. The van der Waals surface area contributed by atoms with E-state index < -0.39 is 0 Å². The molecule has 152 valence electrons. The molecule has 3 rings (SSSR count). The van der Waals surface area contributed by atoms with Gasteiger partial charge in [0, 0.05) is 10.7 Å². The van der Waals surface area contributed by atoms with Gasteiger partial charge in [-0.25, -0.2) is 5.43 Å². The average molecular weight is 440 g/mol. The van der Waals surface area contributed by atoms with Crippen LogP contribution in [-0.4, -0.2) is 17.5 Å². The van der Waals surface area contributed by atoms with Crippen LogP contribution < -0.4 is 10.7 Å². The number of carbonyl (C=O) groups is 2. The van der Waals surface area contributed by atoms with E-state index >= 15 is 0 Å². The molecule has 0 aromatic heterocycles. The monoisotopic (exact) mass is 439 g/mol. The third-order valence-electron chi connectivity index (χ3n) is 4.29. The minimum absolute atomic E-state index is 0.190. The predicted molar refractivity (Wildman–Crippen MR) is 121 cm³/mol. The summed E-state index contributed by atoms with van der Waals surface area (Å²) in [6.07, 6.45) is 0.260. The quantitative estimate of drug-likeness (QED) is 0.402. The second kappa shape index (κ2) is 10.1. The van der Waals surface area contributed by atoms with E-state index in [2.05, 4.69) is 15.8 Å². The van der Waals surface area contributed by atoms with Gasteiger partial charge in [0.1, 0.15) is 0 Å². The lowest BCUT2D eigenvalue weighted by molar-refractivity contribution is -0.120. The van der Waals surface area contributed by atoms with Crippen LogP contribution in [0.4, 0.5) is 5.69 Å². The van der Waals surface area contributed by atoms with Crippen molar-refractivity contribution >= 4 is 46.4 Å². The Balaban J connectivity index is 1.59. The summed E-state index contributed by atoms with van der Waals surface area (Å²) in [4.78, 5) is 24.4. The van der Waals surface area contributed by atoms with Gasteiger partial charge in [-0.05, 0) is 48.4 Å². The number of nitrogens with one attached hydrogen (secondary N) is 2. The van der Waals surface area contributed by atoms with Crippen molar-refractivity contribution in [2.24, 2.45) is 5.10 Å². The van der Waals surface area contributed by atoms with Gasteiger partial charge in [-0.15, -0.1) is 0 Å². The van der Waals surface area contributed by atoms with Gasteiger partial charge < -0.3 is 5.32 Å². The highest BCUT2D eigenvalue weighted by molar-refractivity contribution is 6.37. The van der Waals surface area contributed by atoms with Crippen molar-refractivity contribution in [3.63, 3.8) is 0 Å². The maximum absolute atomic E-state index is 12.4. The Hall–Kier alpha value is -3.15. The lowest BCUT2D eigenvalue weighted by Gasteiger charge is -2.08. The van der Waals surface area contributed by atoms with Crippen molar-refractivity contribution in [1.29, 1.82) is 0 Å². The van der Waals surface area contributed by atoms with E-state index in [1.165, 1.54) is 6.07 Å². The summed E-state index contributed by atoms with van der Waals surface area (Å²) in [7, 11) is 0. The van der Waals surface area contributed by atoms with Gasteiger partial charge in [0.25, 0.3) is 5.91 Å². The van der Waals surface area contributed by atoms with E-state index in [4.69, 9.17) is 23.2 Å². The van der Waals surface area contributed by atoms with Crippen molar-refractivity contribution in [3.8, 4) is 0 Å². The van der Waals surface area contributed by atoms with Crippen LogP contribution in [0.5, 0.6) is 0 Å². The van der Waals surface area contributed by atoms with Crippen LogP contribution in [0, 0.1) is 0 Å². The Morgan fingerprint density at radius 2 is 1.63 bits per heavy atom. The summed E-state index contributed by atoms with van der Waals surface area (Å²) in [6, 6.07) is 21.3. The van der Waals surface area contributed by atoms with Gasteiger partial charge in [-0.1, -0.05) is 65.7 Å². The minimum atomic E-state index is -0.331. The van der Waals surface area contributed by atoms with Crippen LogP contribution in [0.2, 0.25) is 10.0 Å². The summed E-state index contributed by atoms with van der Waals surface area (Å²) in [5.74, 6) is -0.521. The second-order valence-corrected chi connectivity index (χ2v) is 7.39. The first-order chi connectivity index (χ1) is 14.4. The molecule has 30 heavy (non-hydrogen) atoms. The summed E-state index contributed by atoms with van der Waals surface area (Å²) in [5.41, 5.74) is 5.89. The zero-order chi connectivity index (χ0) is 21.5. The molecule has 2 amide bonds. The predicted octanol–water partition coefficient (Wildman–Crippen LogP) is 5.33. The summed E-state index contributed by atoms with van der Waals surface area (Å²) in [6.45, 7) is 1.80. The van der Waals surface area contributed by atoms with Crippen LogP contribution in [0.1, 0.15) is 28.4 Å². The van der Waals surface area contributed by atoms with Crippen molar-refractivity contribution in [2.75, 3.05) is 5.32 Å². The molecule has 0 saturated carbocycles. The molecule has 0 spiro atoms. The van der Waals surface area contributed by atoms with Crippen molar-refractivity contribution in [3.05, 3.63) is 99.5 Å². The fourth-order valence-electron chi connectivity index (χ4n) is 2.70. The number of benzene rings is 3. The third-order valence-corrected chi connectivity index (χ3v) is 4.84. The van der Waals surface area contributed by atoms with E-state index in [1.54, 1.807) is 43.3 Å². The number of rotatable bonds is 6. The molecule has 0 heterocycles. The number of carbonyl (C=O) groups excluding carboxylic acids is 2. The number of amides is 2. The number of hydrazone groups is 1. The van der Waals surface area contributed by atoms with Crippen LogP contribution in [0.3, 0.4) is 0 Å². The molecule has 0 aliphatic rings. The van der Waals surface area contributed by atoms with Gasteiger partial charge in [-0.2, -0.15) is 5.10 Å². The molecule has 0 bridgehead atoms. The maximum atomic E-state index is 12.4. The molecule has 3 aromatic rings. The fraction of sp³-hybridized carbons (Fsp3) is 0.0870. The highest BCUT2D eigenvalue weighted by Gasteiger charge is 2.11. The standard InChI is InChI=1S/C23H19Cl2N3O2/c1-15(27-28-22(29)13-16-5-3-2-4-6-16)17-7-10-19(11-8-17)26-23(30)20-12-9-18(24)14-21(20)25/h2-12,14H,13H2,1H3,(H,26,30)(H,28,29)/b27-15+. The zero-order valence-corrected chi connectivity index (χ0v) is 17.7. The first-order valence-electron chi connectivity index (χ1n) is 9.16. The molecular weight excluding hydrogens is 421 g/mol. The van der Waals surface area contributed by atoms with Gasteiger partial charge in [0.05, 0.1) is 22.7 Å². The second-order valence-electron chi connectivity index (χ2n) is 6.55. The molecule has 7 heteroatoms. The van der Waals surface area contributed by atoms with Crippen LogP contribution >= 0.6 is 23.2 Å². The fourth-order valence-corrected chi connectivity index (χ4v) is 3.19. The number of anilines is 1. The van der Waals surface area contributed by atoms with E-state index in [9.17, 15) is 9.59 Å². The Morgan fingerprint density at radius 3 is 2.30 bits per heavy atom. The maximum Gasteiger partial charge on any atom is 0.257 e. The van der Waals surface area contributed by atoms with Crippen molar-refractivity contribution < 1.29 is 9.59 Å². The van der Waals surface area contributed by atoms with Gasteiger partial charge in [0.15, 0.2) is 0 Å². The van der Waals surface area contributed by atoms with E-state index in [-0.39, 0.29) is 23.3 Å². The van der Waals surface area contributed by atoms with E-state index in [1.807, 2.05) is 30.3 Å². The van der Waals surface area contributed by atoms with E-state index in [0.29, 0.717) is 22.0 Å². The van der Waals surface area contributed by atoms with Crippen LogP contribution in [-0.2, 0) is 11.2 Å². The zero-order valence-electron chi connectivity index (χ0n) is 16.2. The Labute approximate surface area is 184 Å². The molecule has 3 aromatic carbocycles. The minimum Gasteiger partial charge on any atom is -0.322 e. The Kier molecular flexibility index (Phi) is 7.22. The molecule has 0 fully saturated rings. The molecular formula is C23H19Cl2N3O2. The number of hydrogen-bond donors (Lipinski definition) is 2. The number of nitrogens with zero attached hydrogens (tertiary/aromatic N) is 1. The normalized spacial score (nSPS) is 11.1. The molecule has 0 atom stereocenters. The lowest BCUT2D eigenvalue weighted by Crippen LogP contribution is -2.21. The Morgan fingerprint density at radius 1 is 0.933 bits per heavy atom. The molecule has 0 unspecified atom stereocenters. The van der Waals surface area contributed by atoms with Crippen LogP contribution in [0.15, 0.2) is 77.9 Å². The first-order valence-corrected chi connectivity index (χ1v) is 9.92. The molecule has 0 aliphatic heterocycles. The summed E-state index contributed by atoms with van der Waals surface area (Å²) < 4.78 is 0. The molecule has 0 aliphatic carbocycles. The topological polar surface area (TPSA) is 70.6 Å². The molecule has 0 radical (unpaired) electrons. The van der Waals surface area contributed by atoms with Crippen molar-refractivity contribution in [1.82, 2.24) is 5.43 Å². The average Bonchev–Trinajstić information content (AvgIpc) is 2.73. The third kappa shape index (κ3) is 5.92. The summed E-state index contributed by atoms with van der Waals surface area (Å²) >= 11 is 11.9.